The van der Waals surface area contributed by atoms with E-state index in [0.717, 1.165) is 35.1 Å². The van der Waals surface area contributed by atoms with Crippen LogP contribution in [0.5, 0.6) is 0 Å². The van der Waals surface area contributed by atoms with Crippen LogP contribution in [0.2, 0.25) is 0 Å². The van der Waals surface area contributed by atoms with Crippen LogP contribution in [0.3, 0.4) is 0 Å². The van der Waals surface area contributed by atoms with E-state index in [1.165, 1.54) is 17.3 Å². The minimum absolute atomic E-state index is 0.100. The maximum Gasteiger partial charge on any atom is 0.234 e. The first-order valence-corrected chi connectivity index (χ1v) is 11.0. The first-order valence-electron chi connectivity index (χ1n) is 10.0. The zero-order chi connectivity index (χ0) is 20.9. The fraction of sp³-hybridized carbons (Fsp3) is 0.261. The lowest BCUT2D eigenvalue weighted by molar-refractivity contribution is -0.117. The summed E-state index contributed by atoms with van der Waals surface area (Å²) >= 11 is 1.37. The number of hydrogen-bond acceptors (Lipinski definition) is 4. The van der Waals surface area contributed by atoms with Gasteiger partial charge < -0.3 is 15.2 Å². The number of nitrogens with one attached hydrogen (secondary N) is 2. The lowest BCUT2D eigenvalue weighted by Crippen LogP contribution is -2.26. The van der Waals surface area contributed by atoms with Gasteiger partial charge in [0.2, 0.25) is 11.8 Å². The number of imidazole rings is 1. The van der Waals surface area contributed by atoms with Crippen molar-refractivity contribution < 1.29 is 9.59 Å². The average molecular weight is 421 g/mol. The summed E-state index contributed by atoms with van der Waals surface area (Å²) in [6.07, 6.45) is 2.16. The van der Waals surface area contributed by atoms with Crippen molar-refractivity contribution in [3.8, 4) is 0 Å². The molecule has 0 saturated carbocycles. The highest BCUT2D eigenvalue weighted by atomic mass is 32.2. The number of nitrogens with zero attached hydrogens (tertiary/aromatic N) is 2. The summed E-state index contributed by atoms with van der Waals surface area (Å²) < 4.78 is 0. The van der Waals surface area contributed by atoms with Gasteiger partial charge in [0.25, 0.3) is 0 Å². The van der Waals surface area contributed by atoms with E-state index in [9.17, 15) is 9.59 Å². The molecule has 1 fully saturated rings. The van der Waals surface area contributed by atoms with Gasteiger partial charge in [0, 0.05) is 25.1 Å². The van der Waals surface area contributed by atoms with E-state index < -0.39 is 0 Å². The Balaban J connectivity index is 1.37. The molecule has 2 heterocycles. The predicted molar refractivity (Wildman–Crippen MR) is 120 cm³/mol. The van der Waals surface area contributed by atoms with E-state index in [0.29, 0.717) is 18.7 Å². The lowest BCUT2D eigenvalue weighted by atomic mass is 10.1. The Hall–Kier alpha value is -3.06. The van der Waals surface area contributed by atoms with E-state index in [-0.39, 0.29) is 17.6 Å². The quantitative estimate of drug-likeness (QED) is 0.563. The number of carbonyl (C=O) groups excluding carboxylic acids is 2. The van der Waals surface area contributed by atoms with Gasteiger partial charge in [0.15, 0.2) is 5.16 Å². The van der Waals surface area contributed by atoms with Crippen LogP contribution in [0.15, 0.2) is 59.8 Å². The highest BCUT2D eigenvalue weighted by molar-refractivity contribution is 7.99. The molecule has 0 unspecified atom stereocenters. The summed E-state index contributed by atoms with van der Waals surface area (Å²) in [7, 11) is 0. The molecule has 7 heteroatoms. The van der Waals surface area contributed by atoms with Gasteiger partial charge in [-0.15, -0.1) is 0 Å². The van der Waals surface area contributed by atoms with Crippen LogP contribution in [0.4, 0.5) is 11.4 Å². The number of aryl methyl sites for hydroxylation is 1. The number of carbonyl (C=O) groups is 2. The third-order valence-electron chi connectivity index (χ3n) is 5.06. The fourth-order valence-corrected chi connectivity index (χ4v) is 4.27. The molecule has 2 N–H and O–H groups in total. The standard InChI is InChI=1S/C23H24N4O2S/c1-16-19(14-17-8-3-2-4-9-17)26-23(24-16)30-15-21(28)25-18-10-5-6-11-20(18)27-13-7-12-22(27)29/h2-6,8-11H,7,12-15H2,1H3,(H,24,26)(H,25,28). The maximum absolute atomic E-state index is 12.5. The molecular weight excluding hydrogens is 396 g/mol. The number of aromatic nitrogens is 2. The van der Waals surface area contributed by atoms with Crippen molar-refractivity contribution in [2.45, 2.75) is 31.3 Å². The number of hydrogen-bond donors (Lipinski definition) is 2. The fourth-order valence-electron chi connectivity index (χ4n) is 3.53. The molecule has 2 amide bonds. The third-order valence-corrected chi connectivity index (χ3v) is 5.93. The van der Waals surface area contributed by atoms with Gasteiger partial charge in [0.05, 0.1) is 22.8 Å². The number of para-hydroxylation sites is 2. The van der Waals surface area contributed by atoms with E-state index >= 15 is 0 Å². The molecule has 1 aliphatic rings. The minimum atomic E-state index is -0.127. The van der Waals surface area contributed by atoms with Crippen molar-refractivity contribution in [1.29, 1.82) is 0 Å². The summed E-state index contributed by atoms with van der Waals surface area (Å²) in [5.41, 5.74) is 4.63. The molecule has 1 aliphatic heterocycles. The number of amides is 2. The molecule has 3 aromatic rings. The number of thioether (sulfide) groups is 1. The second kappa shape index (κ2) is 9.17. The summed E-state index contributed by atoms with van der Waals surface area (Å²) in [6, 6.07) is 17.6. The van der Waals surface area contributed by atoms with Crippen molar-refractivity contribution >= 4 is 35.0 Å². The van der Waals surface area contributed by atoms with E-state index in [1.54, 1.807) is 4.90 Å². The highest BCUT2D eigenvalue weighted by Crippen LogP contribution is 2.29. The highest BCUT2D eigenvalue weighted by Gasteiger charge is 2.24. The maximum atomic E-state index is 12.5. The predicted octanol–water partition coefficient (Wildman–Crippen LogP) is 4.17. The second-order valence-corrected chi connectivity index (χ2v) is 8.24. The normalized spacial score (nSPS) is 13.6. The number of anilines is 2. The van der Waals surface area contributed by atoms with Crippen molar-refractivity contribution in [2.24, 2.45) is 0 Å². The molecule has 1 saturated heterocycles. The largest absolute Gasteiger partial charge is 0.337 e. The van der Waals surface area contributed by atoms with Gasteiger partial charge in [-0.2, -0.15) is 0 Å². The van der Waals surface area contributed by atoms with Gasteiger partial charge in [0.1, 0.15) is 0 Å². The first kappa shape index (κ1) is 20.2. The van der Waals surface area contributed by atoms with Crippen LogP contribution in [0.1, 0.15) is 29.8 Å². The Morgan fingerprint density at radius 2 is 1.93 bits per heavy atom. The molecule has 1 aromatic heterocycles. The van der Waals surface area contributed by atoms with Crippen LogP contribution in [0.25, 0.3) is 0 Å². The van der Waals surface area contributed by atoms with Gasteiger partial charge in [-0.25, -0.2) is 4.98 Å². The number of aromatic amines is 1. The Kier molecular flexibility index (Phi) is 6.18. The Morgan fingerprint density at radius 3 is 2.70 bits per heavy atom. The zero-order valence-electron chi connectivity index (χ0n) is 16.9. The lowest BCUT2D eigenvalue weighted by Gasteiger charge is -2.19. The molecular formula is C23H24N4O2S. The average Bonchev–Trinajstić information content (AvgIpc) is 3.33. The number of benzene rings is 2. The SMILES string of the molecule is Cc1[nH]c(SCC(=O)Nc2ccccc2N2CCCC2=O)nc1Cc1ccccc1. The Morgan fingerprint density at radius 1 is 1.17 bits per heavy atom. The van der Waals surface area contributed by atoms with E-state index in [2.05, 4.69) is 27.4 Å². The van der Waals surface area contributed by atoms with E-state index in [4.69, 9.17) is 0 Å². The van der Waals surface area contributed by atoms with Gasteiger partial charge in [-0.3, -0.25) is 9.59 Å². The molecule has 0 radical (unpaired) electrons. The van der Waals surface area contributed by atoms with E-state index in [1.807, 2.05) is 49.4 Å². The van der Waals surface area contributed by atoms with Crippen molar-refractivity contribution in [2.75, 3.05) is 22.5 Å². The van der Waals surface area contributed by atoms with Crippen LogP contribution in [-0.2, 0) is 16.0 Å². The van der Waals surface area contributed by atoms with Gasteiger partial charge >= 0.3 is 0 Å². The summed E-state index contributed by atoms with van der Waals surface area (Å²) in [6.45, 7) is 2.69. The summed E-state index contributed by atoms with van der Waals surface area (Å²) in [4.78, 5) is 34.3. The molecule has 2 aromatic carbocycles. The first-order chi connectivity index (χ1) is 14.6. The zero-order valence-corrected chi connectivity index (χ0v) is 17.7. The van der Waals surface area contributed by atoms with Gasteiger partial charge in [-0.1, -0.05) is 54.2 Å². The smallest absolute Gasteiger partial charge is 0.234 e. The molecule has 0 bridgehead atoms. The summed E-state index contributed by atoms with van der Waals surface area (Å²) in [5, 5.41) is 3.68. The summed E-state index contributed by atoms with van der Waals surface area (Å²) in [5.74, 6) is 0.209. The van der Waals surface area contributed by atoms with Crippen LogP contribution >= 0.6 is 11.8 Å². The number of rotatable bonds is 7. The van der Waals surface area contributed by atoms with Crippen LogP contribution < -0.4 is 10.2 Å². The third kappa shape index (κ3) is 4.74. The second-order valence-electron chi connectivity index (χ2n) is 7.28. The molecule has 0 aliphatic carbocycles. The monoisotopic (exact) mass is 420 g/mol. The number of H-pyrrole nitrogens is 1. The van der Waals surface area contributed by atoms with Crippen LogP contribution in [0, 0.1) is 6.92 Å². The minimum Gasteiger partial charge on any atom is -0.337 e. The molecule has 4 rings (SSSR count). The van der Waals surface area contributed by atoms with Crippen molar-refractivity contribution in [1.82, 2.24) is 9.97 Å². The molecule has 154 valence electrons. The van der Waals surface area contributed by atoms with Crippen molar-refractivity contribution in [3.63, 3.8) is 0 Å². The van der Waals surface area contributed by atoms with Crippen LogP contribution in [-0.4, -0.2) is 34.1 Å². The topological polar surface area (TPSA) is 78.1 Å². The Labute approximate surface area is 180 Å². The Bertz CT molecular complexity index is 1050. The van der Waals surface area contributed by atoms with Crippen molar-refractivity contribution in [3.05, 3.63) is 71.5 Å². The molecule has 30 heavy (non-hydrogen) atoms. The molecule has 0 spiro atoms. The van der Waals surface area contributed by atoms with Gasteiger partial charge in [-0.05, 0) is 31.0 Å². The molecule has 0 atom stereocenters. The molecule has 6 nitrogen and oxygen atoms in total.